The Hall–Kier alpha value is -2.40. The number of benzene rings is 1. The van der Waals surface area contributed by atoms with E-state index in [-0.39, 0.29) is 11.8 Å². The van der Waals surface area contributed by atoms with Crippen molar-refractivity contribution in [3.8, 4) is 0 Å². The Kier molecular flexibility index (Phi) is 5.34. The van der Waals surface area contributed by atoms with Crippen LogP contribution in [0.4, 0.5) is 5.00 Å². The van der Waals surface area contributed by atoms with Crippen LogP contribution in [0.2, 0.25) is 0 Å². The zero-order valence-electron chi connectivity index (χ0n) is 14.4. The minimum atomic E-state index is -0.180. The molecule has 0 aliphatic heterocycles. The van der Waals surface area contributed by atoms with Crippen LogP contribution in [0.15, 0.2) is 36.9 Å². The number of fused-ring (bicyclic) bond motifs is 1. The minimum absolute atomic E-state index is 0.140. The molecule has 0 bridgehead atoms. The number of carbonyl (C=O) groups excluding carboxylic acids is 2. The summed E-state index contributed by atoms with van der Waals surface area (Å²) >= 11 is 1.53. The monoisotopic (exact) mass is 354 g/mol. The van der Waals surface area contributed by atoms with Crippen LogP contribution in [0, 0.1) is 6.92 Å². The highest BCUT2D eigenvalue weighted by molar-refractivity contribution is 7.17. The first kappa shape index (κ1) is 17.4. The largest absolute Gasteiger partial charge is 0.348 e. The summed E-state index contributed by atoms with van der Waals surface area (Å²) in [5.74, 6) is -0.320. The number of anilines is 1. The summed E-state index contributed by atoms with van der Waals surface area (Å²) < 4.78 is 0. The van der Waals surface area contributed by atoms with E-state index in [2.05, 4.69) is 17.2 Å². The van der Waals surface area contributed by atoms with Gasteiger partial charge in [-0.25, -0.2) is 0 Å². The summed E-state index contributed by atoms with van der Waals surface area (Å²) in [7, 11) is 0. The van der Waals surface area contributed by atoms with E-state index in [9.17, 15) is 9.59 Å². The molecule has 4 nitrogen and oxygen atoms in total. The quantitative estimate of drug-likeness (QED) is 0.794. The van der Waals surface area contributed by atoms with Crippen molar-refractivity contribution >= 4 is 28.2 Å². The van der Waals surface area contributed by atoms with Gasteiger partial charge >= 0.3 is 0 Å². The molecule has 1 aliphatic rings. The van der Waals surface area contributed by atoms with Gasteiger partial charge in [-0.3, -0.25) is 9.59 Å². The molecule has 130 valence electrons. The Bertz CT molecular complexity index is 823. The van der Waals surface area contributed by atoms with Crippen molar-refractivity contribution in [2.45, 2.75) is 32.6 Å². The first-order valence-electron chi connectivity index (χ1n) is 8.52. The second-order valence-electron chi connectivity index (χ2n) is 6.24. The van der Waals surface area contributed by atoms with Crippen molar-refractivity contribution in [2.24, 2.45) is 0 Å². The Labute approximate surface area is 152 Å². The number of amides is 2. The van der Waals surface area contributed by atoms with Gasteiger partial charge in [0.2, 0.25) is 0 Å². The number of hydrogen-bond acceptors (Lipinski definition) is 3. The van der Waals surface area contributed by atoms with Gasteiger partial charge < -0.3 is 10.6 Å². The molecule has 2 N–H and O–H groups in total. The highest BCUT2D eigenvalue weighted by Crippen LogP contribution is 2.38. The molecule has 2 amide bonds. The molecule has 1 heterocycles. The number of rotatable bonds is 5. The molecule has 1 aromatic carbocycles. The summed E-state index contributed by atoms with van der Waals surface area (Å²) in [4.78, 5) is 26.5. The van der Waals surface area contributed by atoms with Crippen LogP contribution in [0.25, 0.3) is 0 Å². The van der Waals surface area contributed by atoms with Gasteiger partial charge in [-0.2, -0.15) is 0 Å². The minimum Gasteiger partial charge on any atom is -0.348 e. The van der Waals surface area contributed by atoms with E-state index in [0.717, 1.165) is 36.8 Å². The first-order valence-corrected chi connectivity index (χ1v) is 9.33. The highest BCUT2D eigenvalue weighted by Gasteiger charge is 2.26. The van der Waals surface area contributed by atoms with Gasteiger partial charge in [0.15, 0.2) is 0 Å². The summed E-state index contributed by atoms with van der Waals surface area (Å²) in [6.45, 7) is 6.00. The van der Waals surface area contributed by atoms with Crippen molar-refractivity contribution < 1.29 is 9.59 Å². The molecule has 25 heavy (non-hydrogen) atoms. The number of aryl methyl sites for hydroxylation is 2. The molecule has 0 saturated heterocycles. The predicted octanol–water partition coefficient (Wildman–Crippen LogP) is 4.10. The number of thiophene rings is 1. The number of carbonyl (C=O) groups is 2. The zero-order valence-corrected chi connectivity index (χ0v) is 15.2. The molecular weight excluding hydrogens is 332 g/mol. The maximum absolute atomic E-state index is 12.6. The predicted molar refractivity (Wildman–Crippen MR) is 103 cm³/mol. The van der Waals surface area contributed by atoms with E-state index in [1.165, 1.54) is 16.2 Å². The van der Waals surface area contributed by atoms with Gasteiger partial charge in [-0.05, 0) is 50.3 Å². The molecule has 1 aliphatic carbocycles. The van der Waals surface area contributed by atoms with Crippen molar-refractivity contribution in [2.75, 3.05) is 11.9 Å². The van der Waals surface area contributed by atoms with Crippen LogP contribution in [0.1, 0.15) is 49.6 Å². The fraction of sp³-hybridized carbons (Fsp3) is 0.300. The Morgan fingerprint density at radius 2 is 2.04 bits per heavy atom. The normalized spacial score (nSPS) is 13.0. The number of hydrogen-bond donors (Lipinski definition) is 2. The summed E-state index contributed by atoms with van der Waals surface area (Å²) in [6.07, 6.45) is 5.73. The second kappa shape index (κ2) is 7.66. The van der Waals surface area contributed by atoms with Crippen LogP contribution < -0.4 is 10.6 Å². The first-order chi connectivity index (χ1) is 12.1. The van der Waals surface area contributed by atoms with Crippen LogP contribution in [-0.4, -0.2) is 18.4 Å². The zero-order chi connectivity index (χ0) is 17.8. The van der Waals surface area contributed by atoms with Crippen LogP contribution in [-0.2, 0) is 12.8 Å². The molecule has 2 aromatic rings. The van der Waals surface area contributed by atoms with Gasteiger partial charge in [0.25, 0.3) is 11.8 Å². The van der Waals surface area contributed by atoms with Crippen molar-refractivity contribution in [3.63, 3.8) is 0 Å². The van der Waals surface area contributed by atoms with E-state index < -0.39 is 0 Å². The summed E-state index contributed by atoms with van der Waals surface area (Å²) in [5, 5.41) is 6.46. The summed E-state index contributed by atoms with van der Waals surface area (Å²) in [5.41, 5.74) is 3.35. The number of nitrogens with one attached hydrogen (secondary N) is 2. The third-order valence-electron chi connectivity index (χ3n) is 4.31. The van der Waals surface area contributed by atoms with E-state index in [1.54, 1.807) is 12.1 Å². The average molecular weight is 354 g/mol. The van der Waals surface area contributed by atoms with Gasteiger partial charge in [0.1, 0.15) is 5.00 Å². The van der Waals surface area contributed by atoms with Crippen molar-refractivity contribution in [1.29, 1.82) is 0 Å². The topological polar surface area (TPSA) is 58.2 Å². The van der Waals surface area contributed by atoms with E-state index in [0.29, 0.717) is 22.7 Å². The molecule has 0 saturated carbocycles. The lowest BCUT2D eigenvalue weighted by Gasteiger charge is -2.13. The lowest BCUT2D eigenvalue weighted by Crippen LogP contribution is -2.26. The summed E-state index contributed by atoms with van der Waals surface area (Å²) in [6, 6.07) is 7.45. The SMILES string of the molecule is C=CCNC(=O)c1c(NC(=O)c2cccc(C)c2)sc2c1CCCC2. The third kappa shape index (κ3) is 3.82. The molecule has 3 rings (SSSR count). The fourth-order valence-corrected chi connectivity index (χ4v) is 4.39. The van der Waals surface area contributed by atoms with E-state index in [1.807, 2.05) is 25.1 Å². The maximum Gasteiger partial charge on any atom is 0.256 e. The fourth-order valence-electron chi connectivity index (χ4n) is 3.11. The van der Waals surface area contributed by atoms with Gasteiger partial charge in [0.05, 0.1) is 5.56 Å². The van der Waals surface area contributed by atoms with E-state index in [4.69, 9.17) is 0 Å². The molecule has 0 fully saturated rings. The molecule has 0 radical (unpaired) electrons. The van der Waals surface area contributed by atoms with Crippen LogP contribution in [0.3, 0.4) is 0 Å². The molecule has 0 atom stereocenters. The van der Waals surface area contributed by atoms with Gasteiger partial charge in [-0.1, -0.05) is 23.8 Å². The Balaban J connectivity index is 1.92. The van der Waals surface area contributed by atoms with Crippen LogP contribution >= 0.6 is 11.3 Å². The van der Waals surface area contributed by atoms with Crippen LogP contribution in [0.5, 0.6) is 0 Å². The van der Waals surface area contributed by atoms with Crippen molar-refractivity contribution in [1.82, 2.24) is 5.32 Å². The third-order valence-corrected chi connectivity index (χ3v) is 5.52. The molecule has 1 aromatic heterocycles. The maximum atomic E-state index is 12.6. The lowest BCUT2D eigenvalue weighted by molar-refractivity contribution is 0.0958. The van der Waals surface area contributed by atoms with Crippen molar-refractivity contribution in [3.05, 3.63) is 64.1 Å². The Morgan fingerprint density at radius 3 is 2.80 bits per heavy atom. The highest BCUT2D eigenvalue weighted by atomic mass is 32.1. The Morgan fingerprint density at radius 1 is 1.24 bits per heavy atom. The molecule has 0 unspecified atom stereocenters. The molecule has 0 spiro atoms. The molecule has 5 heteroatoms. The van der Waals surface area contributed by atoms with E-state index >= 15 is 0 Å². The standard InChI is InChI=1S/C20H22N2O2S/c1-3-11-21-19(24)17-15-9-4-5-10-16(15)25-20(17)22-18(23)14-8-6-7-13(2)12-14/h3,6-8,12H,1,4-5,9-11H2,2H3,(H,21,24)(H,22,23). The van der Waals surface area contributed by atoms with Gasteiger partial charge in [0, 0.05) is 17.0 Å². The average Bonchev–Trinajstić information content (AvgIpc) is 2.97. The second-order valence-corrected chi connectivity index (χ2v) is 7.34. The lowest BCUT2D eigenvalue weighted by atomic mass is 9.95. The van der Waals surface area contributed by atoms with Gasteiger partial charge in [-0.15, -0.1) is 17.9 Å². The smallest absolute Gasteiger partial charge is 0.256 e. The molecular formula is C20H22N2O2S.